The molecule has 0 N–H and O–H groups in total. The van der Waals surface area contributed by atoms with Crippen molar-refractivity contribution in [2.75, 3.05) is 6.54 Å². The SMILES string of the molecule is Cc1cc(C(F)F)nn1CC(=O)N1CCc2oc(CCc3ccccc3)nc2C1. The number of amides is 1. The van der Waals surface area contributed by atoms with Crippen molar-refractivity contribution >= 4 is 5.91 Å². The lowest BCUT2D eigenvalue weighted by atomic mass is 10.1. The molecule has 29 heavy (non-hydrogen) atoms. The fourth-order valence-electron chi connectivity index (χ4n) is 3.50. The Hall–Kier alpha value is -3.03. The van der Waals surface area contributed by atoms with Gasteiger partial charge in [-0.15, -0.1) is 0 Å². The number of hydrogen-bond acceptors (Lipinski definition) is 4. The molecule has 1 aliphatic heterocycles. The number of nitrogens with zero attached hydrogens (tertiary/aromatic N) is 4. The molecule has 0 radical (unpaired) electrons. The molecule has 3 heterocycles. The lowest BCUT2D eigenvalue weighted by Gasteiger charge is -2.25. The van der Waals surface area contributed by atoms with Gasteiger partial charge in [-0.2, -0.15) is 5.10 Å². The molecule has 0 unspecified atom stereocenters. The maximum Gasteiger partial charge on any atom is 0.282 e. The third kappa shape index (κ3) is 4.36. The van der Waals surface area contributed by atoms with Gasteiger partial charge in [-0.1, -0.05) is 30.3 Å². The van der Waals surface area contributed by atoms with E-state index in [1.165, 1.54) is 16.3 Å². The van der Waals surface area contributed by atoms with Crippen LogP contribution in [0.5, 0.6) is 0 Å². The molecule has 1 amide bonds. The fourth-order valence-corrected chi connectivity index (χ4v) is 3.50. The van der Waals surface area contributed by atoms with Crippen molar-refractivity contribution in [3.63, 3.8) is 0 Å². The predicted molar refractivity (Wildman–Crippen MR) is 101 cm³/mol. The van der Waals surface area contributed by atoms with Gasteiger partial charge in [0.2, 0.25) is 5.91 Å². The van der Waals surface area contributed by atoms with Crippen molar-refractivity contribution in [3.8, 4) is 0 Å². The van der Waals surface area contributed by atoms with Gasteiger partial charge < -0.3 is 9.32 Å². The minimum Gasteiger partial charge on any atom is -0.445 e. The van der Waals surface area contributed by atoms with E-state index in [0.717, 1.165) is 17.9 Å². The fraction of sp³-hybridized carbons (Fsp3) is 0.381. The average molecular weight is 400 g/mol. The number of carbonyl (C=O) groups excluding carboxylic acids is 1. The van der Waals surface area contributed by atoms with Gasteiger partial charge in [0.1, 0.15) is 23.7 Å². The van der Waals surface area contributed by atoms with E-state index in [2.05, 4.69) is 22.2 Å². The van der Waals surface area contributed by atoms with Gasteiger partial charge in [-0.05, 0) is 25.0 Å². The molecule has 4 rings (SSSR count). The minimum atomic E-state index is -2.65. The summed E-state index contributed by atoms with van der Waals surface area (Å²) in [6.07, 6.45) is -0.506. The highest BCUT2D eigenvalue weighted by Gasteiger charge is 2.26. The Morgan fingerprint density at radius 3 is 2.76 bits per heavy atom. The Balaban J connectivity index is 1.38. The van der Waals surface area contributed by atoms with Gasteiger partial charge in [0.05, 0.1) is 6.54 Å². The maximum absolute atomic E-state index is 12.8. The number of aromatic nitrogens is 3. The first-order valence-corrected chi connectivity index (χ1v) is 9.61. The molecule has 0 aliphatic carbocycles. The van der Waals surface area contributed by atoms with Crippen LogP contribution in [0.1, 0.15) is 40.7 Å². The number of alkyl halides is 2. The van der Waals surface area contributed by atoms with Crippen molar-refractivity contribution in [2.24, 2.45) is 0 Å². The molecule has 0 fully saturated rings. The summed E-state index contributed by atoms with van der Waals surface area (Å²) in [7, 11) is 0. The molecule has 0 spiro atoms. The molecule has 0 atom stereocenters. The topological polar surface area (TPSA) is 64.2 Å². The third-order valence-corrected chi connectivity index (χ3v) is 5.10. The Bertz CT molecular complexity index is 998. The van der Waals surface area contributed by atoms with Crippen molar-refractivity contribution in [3.05, 3.63) is 70.7 Å². The van der Waals surface area contributed by atoms with Crippen LogP contribution in [0.4, 0.5) is 8.78 Å². The summed E-state index contributed by atoms with van der Waals surface area (Å²) in [5.74, 6) is 1.33. The normalized spacial score (nSPS) is 13.7. The van der Waals surface area contributed by atoms with Crippen molar-refractivity contribution in [1.29, 1.82) is 0 Å². The number of halogens is 2. The number of fused-ring (bicyclic) bond motifs is 1. The second-order valence-corrected chi connectivity index (χ2v) is 7.20. The third-order valence-electron chi connectivity index (χ3n) is 5.10. The molecular weight excluding hydrogens is 378 g/mol. The van der Waals surface area contributed by atoms with Crippen LogP contribution in [0.2, 0.25) is 0 Å². The van der Waals surface area contributed by atoms with E-state index in [1.807, 2.05) is 18.2 Å². The standard InChI is InChI=1S/C21H22F2N4O2/c1-14-11-16(21(22)23)25-27(14)13-20(28)26-10-9-18-17(12-26)24-19(29-18)8-7-15-5-3-2-4-6-15/h2-6,11,21H,7-10,12-13H2,1H3. The van der Waals surface area contributed by atoms with Crippen LogP contribution < -0.4 is 0 Å². The summed E-state index contributed by atoms with van der Waals surface area (Å²) in [6, 6.07) is 11.4. The molecule has 0 bridgehead atoms. The monoisotopic (exact) mass is 400 g/mol. The van der Waals surface area contributed by atoms with E-state index in [0.29, 0.717) is 37.5 Å². The van der Waals surface area contributed by atoms with Crippen LogP contribution in [0.25, 0.3) is 0 Å². The van der Waals surface area contributed by atoms with Crippen LogP contribution in [-0.2, 0) is 37.1 Å². The number of aryl methyl sites for hydroxylation is 3. The summed E-state index contributed by atoms with van der Waals surface area (Å²) < 4.78 is 32.8. The van der Waals surface area contributed by atoms with Crippen LogP contribution in [0.15, 0.2) is 40.8 Å². The van der Waals surface area contributed by atoms with Gasteiger partial charge in [0, 0.05) is 25.1 Å². The minimum absolute atomic E-state index is 0.0629. The molecule has 1 aliphatic rings. The summed E-state index contributed by atoms with van der Waals surface area (Å²) >= 11 is 0. The smallest absolute Gasteiger partial charge is 0.282 e. The van der Waals surface area contributed by atoms with E-state index >= 15 is 0 Å². The molecule has 6 nitrogen and oxygen atoms in total. The summed E-state index contributed by atoms with van der Waals surface area (Å²) in [4.78, 5) is 18.9. The van der Waals surface area contributed by atoms with Gasteiger partial charge in [-0.25, -0.2) is 13.8 Å². The zero-order chi connectivity index (χ0) is 20.4. The first kappa shape index (κ1) is 19.3. The Morgan fingerprint density at radius 1 is 1.24 bits per heavy atom. The lowest BCUT2D eigenvalue weighted by Crippen LogP contribution is -2.38. The van der Waals surface area contributed by atoms with Gasteiger partial charge in [-0.3, -0.25) is 9.48 Å². The highest BCUT2D eigenvalue weighted by molar-refractivity contribution is 5.76. The highest BCUT2D eigenvalue weighted by Crippen LogP contribution is 2.22. The van der Waals surface area contributed by atoms with E-state index in [1.54, 1.807) is 11.8 Å². The second-order valence-electron chi connectivity index (χ2n) is 7.20. The molecule has 3 aromatic rings. The summed E-state index contributed by atoms with van der Waals surface area (Å²) in [6.45, 7) is 2.48. The predicted octanol–water partition coefficient (Wildman–Crippen LogP) is 3.49. The highest BCUT2D eigenvalue weighted by atomic mass is 19.3. The van der Waals surface area contributed by atoms with E-state index < -0.39 is 6.43 Å². The van der Waals surface area contributed by atoms with Gasteiger partial charge in [0.15, 0.2) is 5.89 Å². The van der Waals surface area contributed by atoms with Gasteiger partial charge >= 0.3 is 0 Å². The lowest BCUT2D eigenvalue weighted by molar-refractivity contribution is -0.133. The first-order valence-electron chi connectivity index (χ1n) is 9.61. The van der Waals surface area contributed by atoms with E-state index in [9.17, 15) is 13.6 Å². The zero-order valence-electron chi connectivity index (χ0n) is 16.1. The van der Waals surface area contributed by atoms with Crippen molar-refractivity contribution in [2.45, 2.75) is 45.7 Å². The van der Waals surface area contributed by atoms with Crippen LogP contribution in [-0.4, -0.2) is 32.1 Å². The van der Waals surface area contributed by atoms with Crippen molar-refractivity contribution < 1.29 is 18.0 Å². The zero-order valence-corrected chi connectivity index (χ0v) is 16.1. The summed E-state index contributed by atoms with van der Waals surface area (Å²) in [5.41, 5.74) is 2.23. The Morgan fingerprint density at radius 2 is 2.03 bits per heavy atom. The van der Waals surface area contributed by atoms with Crippen LogP contribution in [0.3, 0.4) is 0 Å². The maximum atomic E-state index is 12.8. The number of benzene rings is 1. The molecule has 152 valence electrons. The Kier molecular flexibility index (Phi) is 5.42. The number of carbonyl (C=O) groups is 1. The number of oxazole rings is 1. The quantitative estimate of drug-likeness (QED) is 0.635. The average Bonchev–Trinajstić information content (AvgIpc) is 3.30. The van der Waals surface area contributed by atoms with Gasteiger partial charge in [0.25, 0.3) is 6.43 Å². The first-order chi connectivity index (χ1) is 14.0. The molecular formula is C21H22F2N4O2. The molecule has 0 saturated carbocycles. The number of rotatable bonds is 6. The van der Waals surface area contributed by atoms with E-state index in [-0.39, 0.29) is 18.1 Å². The van der Waals surface area contributed by atoms with Crippen molar-refractivity contribution in [1.82, 2.24) is 19.7 Å². The molecule has 2 aromatic heterocycles. The summed E-state index contributed by atoms with van der Waals surface area (Å²) in [5, 5.41) is 3.83. The molecule has 8 heteroatoms. The van der Waals surface area contributed by atoms with Crippen LogP contribution in [0, 0.1) is 6.92 Å². The number of hydrogen-bond donors (Lipinski definition) is 0. The molecule has 1 aromatic carbocycles. The molecule has 0 saturated heterocycles. The van der Waals surface area contributed by atoms with E-state index in [4.69, 9.17) is 4.42 Å². The second kappa shape index (κ2) is 8.14. The largest absolute Gasteiger partial charge is 0.445 e. The van der Waals surface area contributed by atoms with Crippen LogP contribution >= 0.6 is 0 Å². The Labute approximate surface area is 167 Å².